The zero-order valence-corrected chi connectivity index (χ0v) is 10.6. The molecule has 2 aromatic rings. The topological polar surface area (TPSA) is 29.9 Å². The van der Waals surface area contributed by atoms with Gasteiger partial charge in [0.1, 0.15) is 5.82 Å². The molecule has 0 bridgehead atoms. The Morgan fingerprint density at radius 3 is 3.41 bits per heavy atom. The van der Waals surface area contributed by atoms with Crippen molar-refractivity contribution in [3.63, 3.8) is 0 Å². The Morgan fingerprint density at radius 2 is 2.53 bits per heavy atom. The number of nitrogens with zero attached hydrogens (tertiary/aromatic N) is 2. The van der Waals surface area contributed by atoms with Crippen molar-refractivity contribution in [3.8, 4) is 0 Å². The van der Waals surface area contributed by atoms with Crippen LogP contribution in [0.25, 0.3) is 0 Å². The molecular weight excluding hydrogens is 230 g/mol. The highest BCUT2D eigenvalue weighted by atomic mass is 32.1. The van der Waals surface area contributed by atoms with Crippen LogP contribution >= 0.6 is 11.3 Å². The number of aromatic nitrogens is 2. The van der Waals surface area contributed by atoms with Crippen molar-refractivity contribution in [2.24, 2.45) is 0 Å². The normalized spacial score (nSPS) is 19.2. The largest absolute Gasteiger partial charge is 0.335 e. The molecule has 0 saturated carbocycles. The highest BCUT2D eigenvalue weighted by Gasteiger charge is 2.20. The molecule has 0 unspecified atom stereocenters. The second kappa shape index (κ2) is 5.02. The summed E-state index contributed by atoms with van der Waals surface area (Å²) in [5.41, 5.74) is 0. The van der Waals surface area contributed by atoms with Crippen LogP contribution in [-0.2, 0) is 13.1 Å². The van der Waals surface area contributed by atoms with Crippen LogP contribution in [0.1, 0.15) is 29.5 Å². The lowest BCUT2D eigenvalue weighted by atomic mass is 9.99. The van der Waals surface area contributed by atoms with Gasteiger partial charge >= 0.3 is 0 Å². The predicted octanol–water partition coefficient (Wildman–Crippen LogP) is 2.61. The van der Waals surface area contributed by atoms with Crippen molar-refractivity contribution in [1.82, 2.24) is 14.9 Å². The van der Waals surface area contributed by atoms with Crippen LogP contribution in [0, 0.1) is 0 Å². The standard InChI is InChI=1S/C13H17N3S/c1-3-11(13-15-5-7-16(13)6-1)9-14-10-12-4-2-8-17-12/h2,4-5,7-8,11,14H,1,3,6,9-10H2/t11-/m0/s1. The summed E-state index contributed by atoms with van der Waals surface area (Å²) in [7, 11) is 0. The summed E-state index contributed by atoms with van der Waals surface area (Å²) in [6, 6.07) is 4.29. The van der Waals surface area contributed by atoms with E-state index in [0.717, 1.165) is 19.6 Å². The van der Waals surface area contributed by atoms with E-state index in [-0.39, 0.29) is 0 Å². The first-order chi connectivity index (χ1) is 8.43. The van der Waals surface area contributed by atoms with E-state index in [9.17, 15) is 0 Å². The molecule has 2 aromatic heterocycles. The molecule has 0 aromatic carbocycles. The minimum Gasteiger partial charge on any atom is -0.335 e. The average molecular weight is 247 g/mol. The first-order valence-corrected chi connectivity index (χ1v) is 7.05. The van der Waals surface area contributed by atoms with Crippen LogP contribution in [0.4, 0.5) is 0 Å². The van der Waals surface area contributed by atoms with E-state index < -0.39 is 0 Å². The van der Waals surface area contributed by atoms with E-state index in [1.54, 1.807) is 0 Å². The van der Waals surface area contributed by atoms with Crippen molar-refractivity contribution in [2.75, 3.05) is 6.54 Å². The summed E-state index contributed by atoms with van der Waals surface area (Å²) in [5.74, 6) is 1.84. The highest BCUT2D eigenvalue weighted by molar-refractivity contribution is 7.09. The van der Waals surface area contributed by atoms with Gasteiger partial charge in [-0.2, -0.15) is 0 Å². The number of rotatable bonds is 4. The lowest BCUT2D eigenvalue weighted by Gasteiger charge is -2.23. The molecule has 1 aliphatic heterocycles. The fraction of sp³-hybridized carbons (Fsp3) is 0.462. The van der Waals surface area contributed by atoms with Crippen molar-refractivity contribution < 1.29 is 0 Å². The molecule has 1 aliphatic rings. The maximum absolute atomic E-state index is 4.48. The van der Waals surface area contributed by atoms with Gasteiger partial charge in [-0.3, -0.25) is 0 Å². The Labute approximate surface area is 106 Å². The van der Waals surface area contributed by atoms with Crippen LogP contribution in [0.3, 0.4) is 0 Å². The van der Waals surface area contributed by atoms with Crippen LogP contribution in [0.2, 0.25) is 0 Å². The summed E-state index contributed by atoms with van der Waals surface area (Å²) >= 11 is 1.81. The quantitative estimate of drug-likeness (QED) is 0.900. The van der Waals surface area contributed by atoms with Gasteiger partial charge in [-0.25, -0.2) is 4.98 Å². The minimum atomic E-state index is 0.582. The van der Waals surface area contributed by atoms with Gasteiger partial charge in [-0.1, -0.05) is 6.07 Å². The first-order valence-electron chi connectivity index (χ1n) is 6.17. The second-order valence-corrected chi connectivity index (χ2v) is 5.56. The molecule has 0 amide bonds. The fourth-order valence-corrected chi connectivity index (χ4v) is 3.16. The molecule has 1 N–H and O–H groups in total. The maximum Gasteiger partial charge on any atom is 0.113 e. The number of nitrogens with one attached hydrogen (secondary N) is 1. The molecule has 3 rings (SSSR count). The third kappa shape index (κ3) is 2.42. The molecule has 0 fully saturated rings. The lowest BCUT2D eigenvalue weighted by molar-refractivity contribution is 0.423. The van der Waals surface area contributed by atoms with E-state index in [4.69, 9.17) is 0 Å². The van der Waals surface area contributed by atoms with E-state index in [0.29, 0.717) is 5.92 Å². The first kappa shape index (κ1) is 11.0. The van der Waals surface area contributed by atoms with Gasteiger partial charge in [0, 0.05) is 42.8 Å². The van der Waals surface area contributed by atoms with Gasteiger partial charge in [-0.15, -0.1) is 11.3 Å². The van der Waals surface area contributed by atoms with Crippen molar-refractivity contribution in [1.29, 1.82) is 0 Å². The molecule has 0 radical (unpaired) electrons. The molecular formula is C13H17N3S. The van der Waals surface area contributed by atoms with E-state index in [1.807, 2.05) is 17.5 Å². The van der Waals surface area contributed by atoms with Crippen LogP contribution in [0.15, 0.2) is 29.9 Å². The molecule has 0 aliphatic carbocycles. The summed E-state index contributed by atoms with van der Waals surface area (Å²) in [6.45, 7) is 3.15. The number of imidazole rings is 1. The summed E-state index contributed by atoms with van der Waals surface area (Å²) in [4.78, 5) is 5.89. The van der Waals surface area contributed by atoms with E-state index in [1.165, 1.54) is 23.5 Å². The van der Waals surface area contributed by atoms with Gasteiger partial charge in [0.05, 0.1) is 0 Å². The summed E-state index contributed by atoms with van der Waals surface area (Å²) in [5, 5.41) is 5.67. The molecule has 90 valence electrons. The fourth-order valence-electron chi connectivity index (χ4n) is 2.48. The zero-order chi connectivity index (χ0) is 11.5. The number of fused-ring (bicyclic) bond motifs is 1. The van der Waals surface area contributed by atoms with E-state index >= 15 is 0 Å². The predicted molar refractivity (Wildman–Crippen MR) is 70.2 cm³/mol. The molecule has 4 heteroatoms. The third-order valence-corrected chi connectivity index (χ3v) is 4.21. The second-order valence-electron chi connectivity index (χ2n) is 4.53. The molecule has 1 atom stereocenters. The van der Waals surface area contributed by atoms with Gasteiger partial charge in [0.15, 0.2) is 0 Å². The van der Waals surface area contributed by atoms with Crippen LogP contribution in [0.5, 0.6) is 0 Å². The van der Waals surface area contributed by atoms with Crippen molar-refractivity contribution in [3.05, 3.63) is 40.6 Å². The average Bonchev–Trinajstić information content (AvgIpc) is 2.99. The minimum absolute atomic E-state index is 0.582. The highest BCUT2D eigenvalue weighted by Crippen LogP contribution is 2.24. The van der Waals surface area contributed by atoms with Gasteiger partial charge in [0.25, 0.3) is 0 Å². The molecule has 0 saturated heterocycles. The number of hydrogen-bond donors (Lipinski definition) is 1. The molecule has 0 spiro atoms. The monoisotopic (exact) mass is 247 g/mol. The third-order valence-electron chi connectivity index (χ3n) is 3.33. The van der Waals surface area contributed by atoms with Crippen molar-refractivity contribution in [2.45, 2.75) is 31.8 Å². The Balaban J connectivity index is 1.57. The zero-order valence-electron chi connectivity index (χ0n) is 9.80. The van der Waals surface area contributed by atoms with Crippen LogP contribution in [-0.4, -0.2) is 16.1 Å². The Kier molecular flexibility index (Phi) is 3.25. The van der Waals surface area contributed by atoms with Crippen LogP contribution < -0.4 is 5.32 Å². The Hall–Kier alpha value is -1.13. The number of thiophene rings is 1. The lowest BCUT2D eigenvalue weighted by Crippen LogP contribution is -2.26. The summed E-state index contributed by atoms with van der Waals surface area (Å²) < 4.78 is 2.29. The van der Waals surface area contributed by atoms with Gasteiger partial charge < -0.3 is 9.88 Å². The summed E-state index contributed by atoms with van der Waals surface area (Å²) in [6.07, 6.45) is 6.55. The van der Waals surface area contributed by atoms with Gasteiger partial charge in [-0.05, 0) is 24.3 Å². The maximum atomic E-state index is 4.48. The molecule has 3 heterocycles. The smallest absolute Gasteiger partial charge is 0.113 e. The molecule has 17 heavy (non-hydrogen) atoms. The molecule has 3 nitrogen and oxygen atoms in total. The van der Waals surface area contributed by atoms with Crippen molar-refractivity contribution >= 4 is 11.3 Å². The number of hydrogen-bond acceptors (Lipinski definition) is 3. The Bertz CT molecular complexity index is 461. The Morgan fingerprint density at radius 1 is 1.53 bits per heavy atom. The number of aryl methyl sites for hydroxylation is 1. The van der Waals surface area contributed by atoms with Gasteiger partial charge in [0.2, 0.25) is 0 Å². The van der Waals surface area contributed by atoms with E-state index in [2.05, 4.69) is 38.6 Å². The SMILES string of the molecule is c1csc(CNC[C@@H]2CCCn3ccnc32)c1.